The smallest absolute Gasteiger partial charge is 0.242 e. The molecule has 0 fully saturated rings. The summed E-state index contributed by atoms with van der Waals surface area (Å²) in [6.07, 6.45) is 1.63. The predicted molar refractivity (Wildman–Crippen MR) is 128 cm³/mol. The molecule has 174 valence electrons. The molecule has 0 spiro atoms. The van der Waals surface area contributed by atoms with Crippen molar-refractivity contribution < 1.29 is 18.0 Å². The van der Waals surface area contributed by atoms with Gasteiger partial charge in [0.05, 0.1) is 11.9 Å². The summed E-state index contributed by atoms with van der Waals surface area (Å²) < 4.78 is 25.8. The van der Waals surface area contributed by atoms with E-state index in [0.29, 0.717) is 25.2 Å². The number of rotatable bonds is 11. The van der Waals surface area contributed by atoms with Crippen molar-refractivity contribution in [2.75, 3.05) is 23.7 Å². The van der Waals surface area contributed by atoms with Crippen molar-refractivity contribution in [3.8, 4) is 0 Å². The summed E-state index contributed by atoms with van der Waals surface area (Å²) in [6, 6.07) is 16.0. The van der Waals surface area contributed by atoms with Gasteiger partial charge in [-0.15, -0.1) is 0 Å². The largest absolute Gasteiger partial charge is 0.355 e. The first-order valence-electron chi connectivity index (χ1n) is 10.8. The molecule has 2 rings (SSSR count). The molecule has 0 radical (unpaired) electrons. The highest BCUT2D eigenvalue weighted by molar-refractivity contribution is 7.92. The molecule has 1 atom stereocenters. The number of amides is 2. The monoisotopic (exact) mass is 459 g/mol. The third-order valence-electron chi connectivity index (χ3n) is 5.19. The van der Waals surface area contributed by atoms with E-state index in [1.54, 1.807) is 36.1 Å². The Balaban J connectivity index is 2.12. The van der Waals surface area contributed by atoms with Crippen molar-refractivity contribution in [1.29, 1.82) is 0 Å². The van der Waals surface area contributed by atoms with Crippen LogP contribution in [0, 0.1) is 6.92 Å². The van der Waals surface area contributed by atoms with Gasteiger partial charge >= 0.3 is 0 Å². The maximum absolute atomic E-state index is 13.1. The molecule has 7 nitrogen and oxygen atoms in total. The van der Waals surface area contributed by atoms with Crippen molar-refractivity contribution in [2.24, 2.45) is 0 Å². The molecule has 2 aromatic rings. The molecular weight excluding hydrogens is 426 g/mol. The van der Waals surface area contributed by atoms with E-state index in [1.165, 1.54) is 4.31 Å². The maximum atomic E-state index is 13.1. The number of carbonyl (C=O) groups excluding carboxylic acids is 2. The fourth-order valence-corrected chi connectivity index (χ4v) is 4.36. The van der Waals surface area contributed by atoms with Crippen LogP contribution in [0.5, 0.6) is 0 Å². The van der Waals surface area contributed by atoms with Crippen molar-refractivity contribution in [3.05, 3.63) is 65.7 Å². The standard InChI is InChI=1S/C24H33N3O4S/c1-5-25-24(29)20(3)26(18-21-15-13-19(2)14-16-21)23(28)12-9-17-27(32(4,30)31)22-10-7-6-8-11-22/h6-8,10-11,13-16,20H,5,9,12,17-18H2,1-4H3,(H,25,29). The molecule has 0 aromatic heterocycles. The predicted octanol–water partition coefficient (Wildman–Crippen LogP) is 3.09. The average molecular weight is 460 g/mol. The molecule has 2 amide bonds. The highest BCUT2D eigenvalue weighted by Gasteiger charge is 2.26. The Morgan fingerprint density at radius 2 is 1.66 bits per heavy atom. The number of nitrogens with zero attached hydrogens (tertiary/aromatic N) is 2. The average Bonchev–Trinajstić information content (AvgIpc) is 2.75. The first-order chi connectivity index (χ1) is 15.1. The van der Waals surface area contributed by atoms with Crippen LogP contribution in [0.2, 0.25) is 0 Å². The lowest BCUT2D eigenvalue weighted by atomic mass is 10.1. The van der Waals surface area contributed by atoms with Gasteiger partial charge in [0.25, 0.3) is 0 Å². The van der Waals surface area contributed by atoms with E-state index in [-0.39, 0.29) is 24.8 Å². The second-order valence-corrected chi connectivity index (χ2v) is 9.76. The van der Waals surface area contributed by atoms with Crippen molar-refractivity contribution in [3.63, 3.8) is 0 Å². The van der Waals surface area contributed by atoms with Gasteiger partial charge in [-0.1, -0.05) is 48.0 Å². The molecule has 8 heteroatoms. The summed E-state index contributed by atoms with van der Waals surface area (Å²) in [4.78, 5) is 27.1. The first kappa shape index (κ1) is 25.4. The summed E-state index contributed by atoms with van der Waals surface area (Å²) in [5, 5.41) is 2.77. The summed E-state index contributed by atoms with van der Waals surface area (Å²) in [7, 11) is -3.48. The third-order valence-corrected chi connectivity index (χ3v) is 6.38. The van der Waals surface area contributed by atoms with Gasteiger partial charge in [-0.2, -0.15) is 0 Å². The third kappa shape index (κ3) is 7.37. The quantitative estimate of drug-likeness (QED) is 0.559. The number of likely N-dealkylation sites (N-methyl/N-ethyl adjacent to an activating group) is 1. The molecule has 1 N–H and O–H groups in total. The van der Waals surface area contributed by atoms with Gasteiger partial charge in [0, 0.05) is 26.1 Å². The van der Waals surface area contributed by atoms with Crippen LogP contribution in [0.3, 0.4) is 0 Å². The number of hydrogen-bond donors (Lipinski definition) is 1. The van der Waals surface area contributed by atoms with Crippen molar-refractivity contribution >= 4 is 27.5 Å². The zero-order valence-electron chi connectivity index (χ0n) is 19.2. The summed E-state index contributed by atoms with van der Waals surface area (Å²) in [6.45, 7) is 6.51. The number of aryl methyl sites for hydroxylation is 1. The zero-order valence-corrected chi connectivity index (χ0v) is 20.1. The lowest BCUT2D eigenvalue weighted by molar-refractivity contribution is -0.140. The van der Waals surface area contributed by atoms with E-state index in [0.717, 1.165) is 17.4 Å². The number of carbonyl (C=O) groups is 2. The molecule has 0 saturated heterocycles. The second kappa shape index (κ2) is 11.7. The van der Waals surface area contributed by atoms with Crippen LogP contribution in [0.4, 0.5) is 5.69 Å². The van der Waals surface area contributed by atoms with E-state index in [4.69, 9.17) is 0 Å². The van der Waals surface area contributed by atoms with Crippen LogP contribution in [0.1, 0.15) is 37.8 Å². The normalized spacial score (nSPS) is 12.1. The molecule has 32 heavy (non-hydrogen) atoms. The Labute approximate surface area is 191 Å². The number of nitrogens with one attached hydrogen (secondary N) is 1. The van der Waals surface area contributed by atoms with Crippen molar-refractivity contribution in [1.82, 2.24) is 10.2 Å². The Bertz CT molecular complexity index is 992. The fourth-order valence-electron chi connectivity index (χ4n) is 3.39. The van der Waals surface area contributed by atoms with Gasteiger partial charge in [0.1, 0.15) is 6.04 Å². The van der Waals surface area contributed by atoms with E-state index >= 15 is 0 Å². The maximum Gasteiger partial charge on any atom is 0.242 e. The molecule has 0 bridgehead atoms. The minimum Gasteiger partial charge on any atom is -0.355 e. The molecular formula is C24H33N3O4S. The van der Waals surface area contributed by atoms with Gasteiger partial charge in [0.2, 0.25) is 21.8 Å². The fraction of sp³-hybridized carbons (Fsp3) is 0.417. The van der Waals surface area contributed by atoms with Gasteiger partial charge in [0.15, 0.2) is 0 Å². The summed E-state index contributed by atoms with van der Waals surface area (Å²) in [5.74, 6) is -0.402. The molecule has 0 aliphatic heterocycles. The first-order valence-corrected chi connectivity index (χ1v) is 12.6. The number of hydrogen-bond acceptors (Lipinski definition) is 4. The number of para-hydroxylation sites is 1. The van der Waals surface area contributed by atoms with Crippen LogP contribution in [-0.2, 0) is 26.2 Å². The molecule has 0 heterocycles. The molecule has 2 aromatic carbocycles. The number of anilines is 1. The summed E-state index contributed by atoms with van der Waals surface area (Å²) in [5.41, 5.74) is 2.61. The second-order valence-electron chi connectivity index (χ2n) is 7.85. The van der Waals surface area contributed by atoms with E-state index in [2.05, 4.69) is 5.32 Å². The Kier molecular flexibility index (Phi) is 9.26. The number of sulfonamides is 1. The lowest BCUT2D eigenvalue weighted by Gasteiger charge is -2.29. The van der Waals surface area contributed by atoms with Crippen LogP contribution in [0.15, 0.2) is 54.6 Å². The zero-order chi connectivity index (χ0) is 23.7. The Hall–Kier alpha value is -2.87. The van der Waals surface area contributed by atoms with Crippen LogP contribution in [-0.4, -0.2) is 50.5 Å². The minimum atomic E-state index is -3.48. The summed E-state index contributed by atoms with van der Waals surface area (Å²) >= 11 is 0. The van der Waals surface area contributed by atoms with Gasteiger partial charge in [-0.25, -0.2) is 8.42 Å². The topological polar surface area (TPSA) is 86.8 Å². The Morgan fingerprint density at radius 3 is 2.22 bits per heavy atom. The van der Waals surface area contributed by atoms with Crippen LogP contribution >= 0.6 is 0 Å². The lowest BCUT2D eigenvalue weighted by Crippen LogP contribution is -2.47. The van der Waals surface area contributed by atoms with Gasteiger partial charge < -0.3 is 10.2 Å². The minimum absolute atomic E-state index is 0.133. The molecule has 0 aliphatic rings. The van der Waals surface area contributed by atoms with E-state index in [9.17, 15) is 18.0 Å². The highest BCUT2D eigenvalue weighted by atomic mass is 32.2. The molecule has 1 unspecified atom stereocenters. The molecule has 0 aliphatic carbocycles. The van der Waals surface area contributed by atoms with Gasteiger partial charge in [-0.3, -0.25) is 13.9 Å². The molecule has 0 saturated carbocycles. The van der Waals surface area contributed by atoms with E-state index < -0.39 is 16.1 Å². The van der Waals surface area contributed by atoms with Crippen LogP contribution < -0.4 is 9.62 Å². The number of benzene rings is 2. The highest BCUT2D eigenvalue weighted by Crippen LogP contribution is 2.18. The van der Waals surface area contributed by atoms with Crippen LogP contribution in [0.25, 0.3) is 0 Å². The SMILES string of the molecule is CCNC(=O)C(C)N(Cc1ccc(C)cc1)C(=O)CCCN(c1ccccc1)S(C)(=O)=O. The Morgan fingerprint density at radius 1 is 1.03 bits per heavy atom. The van der Waals surface area contributed by atoms with Gasteiger partial charge in [-0.05, 0) is 44.9 Å². The van der Waals surface area contributed by atoms with Crippen molar-refractivity contribution in [2.45, 2.75) is 46.2 Å². The van der Waals surface area contributed by atoms with E-state index in [1.807, 2.05) is 44.2 Å².